The van der Waals surface area contributed by atoms with E-state index in [2.05, 4.69) is 32.3 Å². The molecule has 24 heavy (non-hydrogen) atoms. The average Bonchev–Trinajstić information content (AvgIpc) is 3.13. The Bertz CT molecular complexity index is 487. The molecule has 5 nitrogen and oxygen atoms in total. The van der Waals surface area contributed by atoms with Crippen LogP contribution in [0.3, 0.4) is 0 Å². The first kappa shape index (κ1) is 18.1. The molecule has 4 atom stereocenters. The minimum absolute atomic E-state index is 0.161. The van der Waals surface area contributed by atoms with Gasteiger partial charge in [-0.1, -0.05) is 26.8 Å². The third kappa shape index (κ3) is 2.87. The van der Waals surface area contributed by atoms with Gasteiger partial charge in [0.15, 0.2) is 8.32 Å². The summed E-state index contributed by atoms with van der Waals surface area (Å²) in [7, 11) is -1.62. The highest BCUT2D eigenvalue weighted by atomic mass is 28.4. The number of hydrogen-bond acceptors (Lipinski definition) is 5. The number of fused-ring (bicyclic) bond motifs is 3. The normalized spacial score (nSPS) is 36.3. The Hall–Kier alpha value is -0.693. The molecule has 0 aromatic rings. The zero-order chi connectivity index (χ0) is 17.4. The quantitative estimate of drug-likeness (QED) is 0.400. The van der Waals surface area contributed by atoms with E-state index in [1.165, 1.54) is 18.1 Å². The Balaban J connectivity index is 1.78. The highest BCUT2D eigenvalue weighted by Gasteiger charge is 2.60. The van der Waals surface area contributed by atoms with Gasteiger partial charge in [0.1, 0.15) is 0 Å². The van der Waals surface area contributed by atoms with Crippen molar-refractivity contribution in [2.24, 2.45) is 0 Å². The van der Waals surface area contributed by atoms with Crippen molar-refractivity contribution in [1.82, 2.24) is 4.90 Å². The maximum absolute atomic E-state index is 11.9. The molecule has 0 radical (unpaired) electrons. The lowest BCUT2D eigenvalue weighted by Gasteiger charge is -2.47. The number of rotatable bonds is 7. The van der Waals surface area contributed by atoms with Gasteiger partial charge < -0.3 is 13.9 Å². The molecule has 0 unspecified atom stereocenters. The molecular formula is C18H31NO4Si. The molecular weight excluding hydrogens is 322 g/mol. The number of morpholine rings is 1. The summed E-state index contributed by atoms with van der Waals surface area (Å²) in [5.41, 5.74) is -0.380. The Kier molecular flexibility index (Phi) is 5.21. The number of nitrogens with zero attached hydrogens (tertiary/aromatic N) is 1. The third-order valence-corrected chi connectivity index (χ3v) is 11.1. The van der Waals surface area contributed by atoms with Crippen molar-refractivity contribution >= 4 is 14.3 Å². The summed E-state index contributed by atoms with van der Waals surface area (Å²) in [4.78, 5) is 14.4. The molecule has 6 heteroatoms. The van der Waals surface area contributed by atoms with Crippen LogP contribution in [0.4, 0.5) is 0 Å². The van der Waals surface area contributed by atoms with Gasteiger partial charge >= 0.3 is 5.97 Å². The van der Waals surface area contributed by atoms with Crippen LogP contribution in [0.25, 0.3) is 0 Å². The van der Waals surface area contributed by atoms with Crippen LogP contribution >= 0.6 is 0 Å². The van der Waals surface area contributed by atoms with Gasteiger partial charge in [0.05, 0.1) is 24.7 Å². The zero-order valence-corrected chi connectivity index (χ0v) is 16.3. The first-order chi connectivity index (χ1) is 11.5. The predicted molar refractivity (Wildman–Crippen MR) is 95.2 cm³/mol. The predicted octanol–water partition coefficient (Wildman–Crippen LogP) is 3.07. The van der Waals surface area contributed by atoms with Crippen LogP contribution in [0.15, 0.2) is 12.7 Å². The van der Waals surface area contributed by atoms with E-state index in [1.54, 1.807) is 0 Å². The van der Waals surface area contributed by atoms with Crippen LogP contribution < -0.4 is 0 Å². The van der Waals surface area contributed by atoms with E-state index in [0.29, 0.717) is 25.5 Å². The number of carbonyl (C=O) groups is 1. The second-order valence-electron chi connectivity index (χ2n) is 7.45. The van der Waals surface area contributed by atoms with Gasteiger partial charge in [-0.25, -0.2) is 0 Å². The van der Waals surface area contributed by atoms with Crippen LogP contribution in [0, 0.1) is 0 Å². The molecule has 0 bridgehead atoms. The van der Waals surface area contributed by atoms with Gasteiger partial charge in [-0.15, -0.1) is 6.58 Å². The van der Waals surface area contributed by atoms with Crippen molar-refractivity contribution in [3.63, 3.8) is 0 Å². The topological polar surface area (TPSA) is 48.0 Å². The van der Waals surface area contributed by atoms with E-state index in [-0.39, 0.29) is 17.6 Å². The fourth-order valence-electron chi connectivity index (χ4n) is 4.78. The molecule has 0 amide bonds. The Morgan fingerprint density at radius 1 is 1.38 bits per heavy atom. The Labute approximate surface area is 146 Å². The van der Waals surface area contributed by atoms with Crippen LogP contribution in [-0.2, 0) is 18.7 Å². The van der Waals surface area contributed by atoms with Gasteiger partial charge in [-0.2, -0.15) is 0 Å². The summed E-state index contributed by atoms with van der Waals surface area (Å²) >= 11 is 0. The number of carbonyl (C=O) groups excluding carboxylic acids is 1. The van der Waals surface area contributed by atoms with Crippen LogP contribution in [-0.4, -0.2) is 56.3 Å². The average molecular weight is 354 g/mol. The van der Waals surface area contributed by atoms with Crippen molar-refractivity contribution in [3.8, 4) is 0 Å². The highest BCUT2D eigenvalue weighted by molar-refractivity contribution is 6.73. The van der Waals surface area contributed by atoms with Crippen molar-refractivity contribution in [2.45, 2.75) is 82.1 Å². The molecule has 0 aromatic carbocycles. The molecule has 3 aliphatic heterocycles. The summed E-state index contributed by atoms with van der Waals surface area (Å²) in [6.45, 7) is 12.2. The number of esters is 1. The van der Waals surface area contributed by atoms with Crippen LogP contribution in [0.2, 0.25) is 18.1 Å². The highest BCUT2D eigenvalue weighted by Crippen LogP contribution is 2.45. The molecule has 0 spiro atoms. The molecule has 136 valence electrons. The van der Waals surface area contributed by atoms with E-state index in [0.717, 1.165) is 13.0 Å². The molecule has 0 aliphatic carbocycles. The van der Waals surface area contributed by atoms with E-state index in [9.17, 15) is 4.79 Å². The molecule has 0 N–H and O–H groups in total. The molecule has 0 aromatic heterocycles. The van der Waals surface area contributed by atoms with Gasteiger partial charge in [-0.05, 0) is 31.0 Å². The molecule has 3 aliphatic rings. The fraction of sp³-hybridized carbons (Fsp3) is 0.833. The maximum atomic E-state index is 11.9. The second-order valence-corrected chi connectivity index (χ2v) is 12.2. The van der Waals surface area contributed by atoms with Crippen molar-refractivity contribution in [3.05, 3.63) is 12.7 Å². The summed E-state index contributed by atoms with van der Waals surface area (Å²) in [5, 5.41) is 0. The smallest absolute Gasteiger partial charge is 0.310 e. The standard InChI is InChI=1S/C18H31NO4Si/c1-5-9-18-11-16(20)22-17(18)21-13-14-10-15(12-19(14)18)23-24(6-2,7-3)8-4/h5,14-15,17H,1,6-13H2,2-4H3/t14-,15-,17-,18+/m0/s1. The van der Waals surface area contributed by atoms with Crippen molar-refractivity contribution in [1.29, 1.82) is 0 Å². The second kappa shape index (κ2) is 6.90. The zero-order valence-electron chi connectivity index (χ0n) is 15.3. The Morgan fingerprint density at radius 2 is 2.08 bits per heavy atom. The van der Waals surface area contributed by atoms with Crippen molar-refractivity contribution < 1.29 is 18.7 Å². The minimum atomic E-state index is -1.62. The number of ether oxygens (including phenoxy) is 2. The summed E-state index contributed by atoms with van der Waals surface area (Å²) < 4.78 is 18.1. The lowest BCUT2D eigenvalue weighted by Crippen LogP contribution is -2.62. The van der Waals surface area contributed by atoms with Gasteiger partial charge in [0, 0.05) is 12.6 Å². The maximum Gasteiger partial charge on any atom is 0.310 e. The third-order valence-electron chi connectivity index (χ3n) is 6.36. The van der Waals surface area contributed by atoms with Crippen molar-refractivity contribution in [2.75, 3.05) is 13.2 Å². The largest absolute Gasteiger partial charge is 0.434 e. The number of hydrogen-bond donors (Lipinski definition) is 0. The summed E-state index contributed by atoms with van der Waals surface area (Å²) in [5.74, 6) is -0.161. The van der Waals surface area contributed by atoms with E-state index in [1.807, 2.05) is 6.08 Å². The van der Waals surface area contributed by atoms with Gasteiger partial charge in [0.25, 0.3) is 0 Å². The van der Waals surface area contributed by atoms with Gasteiger partial charge in [0.2, 0.25) is 6.29 Å². The van der Waals surface area contributed by atoms with Gasteiger partial charge in [-0.3, -0.25) is 9.69 Å². The minimum Gasteiger partial charge on any atom is -0.434 e. The lowest BCUT2D eigenvalue weighted by molar-refractivity contribution is -0.216. The molecule has 3 fully saturated rings. The summed E-state index contributed by atoms with van der Waals surface area (Å²) in [6, 6.07) is 3.82. The van der Waals surface area contributed by atoms with Crippen LogP contribution in [0.1, 0.15) is 40.0 Å². The van der Waals surface area contributed by atoms with E-state index in [4.69, 9.17) is 13.9 Å². The molecule has 0 saturated carbocycles. The first-order valence-corrected chi connectivity index (χ1v) is 11.9. The SMILES string of the molecule is C=CC[C@@]12CC(=O)O[C@@H]1OC[C@@H]1C[C@H](O[Si](CC)(CC)CC)CN12. The van der Waals surface area contributed by atoms with Crippen LogP contribution in [0.5, 0.6) is 0 Å². The fourth-order valence-corrected chi connectivity index (χ4v) is 7.66. The molecule has 3 saturated heterocycles. The van der Waals surface area contributed by atoms with E-state index >= 15 is 0 Å². The Morgan fingerprint density at radius 3 is 2.71 bits per heavy atom. The first-order valence-electron chi connectivity index (χ1n) is 9.39. The molecule has 3 heterocycles. The molecule has 3 rings (SSSR count). The summed E-state index contributed by atoms with van der Waals surface area (Å²) in [6.07, 6.45) is 3.78. The lowest BCUT2D eigenvalue weighted by atomic mass is 9.88. The van der Waals surface area contributed by atoms with E-state index < -0.39 is 14.6 Å². The monoisotopic (exact) mass is 353 g/mol.